The maximum absolute atomic E-state index is 13.8. The van der Waals surface area contributed by atoms with Crippen LogP contribution < -0.4 is 11.2 Å². The number of β-lactam (4-membered cyclic amide) rings is 1. The highest BCUT2D eigenvalue weighted by Gasteiger charge is 2.52. The third kappa shape index (κ3) is 5.29. The van der Waals surface area contributed by atoms with Crippen LogP contribution in [0.1, 0.15) is 17.2 Å². The number of ether oxygens (including phenoxy) is 1. The van der Waals surface area contributed by atoms with Gasteiger partial charge in [0.15, 0.2) is 11.5 Å². The average molecular weight is 636 g/mol. The second kappa shape index (κ2) is 11.9. The number of thiophene rings is 1. The monoisotopic (exact) mass is 635 g/mol. The van der Waals surface area contributed by atoms with Gasteiger partial charge in [-0.1, -0.05) is 72.4 Å². The standard InChI is InChI=1S/C29H21N3O6S4/c30-22-27(34)31-23(29(35)38-24(16-7-3-1-4-8-16)17-9-5-2-6-10-17)18(14-41-28(22)31)11-12-39-21-13-20(33)26-25(42-21)19(15-40-26)32(36)37/h1-13,15,22,24,28H,14,30H2/b12-11+/t22-,28-/m1/s1. The number of hydrogen-bond donors (Lipinski definition) is 1. The number of nitrogens with zero attached hydrogens (tertiary/aromatic N) is 2. The number of esters is 1. The summed E-state index contributed by atoms with van der Waals surface area (Å²) >= 11 is 4.88. The molecule has 2 aliphatic rings. The van der Waals surface area contributed by atoms with Crippen LogP contribution >= 0.6 is 46.2 Å². The molecule has 1 fully saturated rings. The highest BCUT2D eigenvalue weighted by Crippen LogP contribution is 2.42. The lowest BCUT2D eigenvalue weighted by atomic mass is 10.0. The average Bonchev–Trinajstić information content (AvgIpc) is 3.45. The van der Waals surface area contributed by atoms with Crippen LogP contribution in [-0.2, 0) is 14.3 Å². The molecule has 4 aromatic rings. The smallest absolute Gasteiger partial charge is 0.356 e. The first-order valence-electron chi connectivity index (χ1n) is 12.6. The van der Waals surface area contributed by atoms with Crippen LogP contribution in [0.2, 0.25) is 0 Å². The van der Waals surface area contributed by atoms with Crippen molar-refractivity contribution in [1.82, 2.24) is 4.90 Å². The zero-order valence-electron chi connectivity index (χ0n) is 21.6. The van der Waals surface area contributed by atoms with Gasteiger partial charge < -0.3 is 10.5 Å². The van der Waals surface area contributed by atoms with E-state index in [2.05, 4.69) is 0 Å². The quantitative estimate of drug-likeness (QED) is 0.0855. The molecule has 6 rings (SSSR count). The van der Waals surface area contributed by atoms with Crippen molar-refractivity contribution in [2.24, 2.45) is 5.73 Å². The van der Waals surface area contributed by atoms with Gasteiger partial charge in [-0.25, -0.2) is 4.79 Å². The van der Waals surface area contributed by atoms with Crippen molar-refractivity contribution in [3.8, 4) is 0 Å². The summed E-state index contributed by atoms with van der Waals surface area (Å²) in [5.74, 6) is -0.596. The van der Waals surface area contributed by atoms with Gasteiger partial charge in [-0.05, 0) is 28.2 Å². The Balaban J connectivity index is 1.33. The molecule has 2 aliphatic heterocycles. The van der Waals surface area contributed by atoms with Crippen LogP contribution in [-0.4, -0.2) is 38.9 Å². The highest BCUT2D eigenvalue weighted by molar-refractivity contribution is 8.04. The van der Waals surface area contributed by atoms with E-state index < -0.39 is 23.0 Å². The van der Waals surface area contributed by atoms with Crippen LogP contribution in [0.5, 0.6) is 0 Å². The molecule has 0 aliphatic carbocycles. The molecule has 4 heterocycles. The molecule has 212 valence electrons. The van der Waals surface area contributed by atoms with Crippen LogP contribution in [0.15, 0.2) is 104 Å². The van der Waals surface area contributed by atoms with Crippen molar-refractivity contribution in [3.63, 3.8) is 0 Å². The summed E-state index contributed by atoms with van der Waals surface area (Å²) < 4.78 is 7.34. The Bertz CT molecular complexity index is 1780. The predicted molar refractivity (Wildman–Crippen MR) is 167 cm³/mol. The van der Waals surface area contributed by atoms with E-state index in [1.54, 1.807) is 11.5 Å². The lowest BCUT2D eigenvalue weighted by molar-refractivity contribution is -0.382. The van der Waals surface area contributed by atoms with Crippen molar-refractivity contribution in [2.75, 3.05) is 5.75 Å². The summed E-state index contributed by atoms with van der Waals surface area (Å²) in [5, 5.41) is 14.1. The molecule has 0 spiro atoms. The number of nitrogens with two attached hydrogens (primary N) is 1. The van der Waals surface area contributed by atoms with Crippen LogP contribution in [0.25, 0.3) is 9.40 Å². The fourth-order valence-corrected chi connectivity index (χ4v) is 9.06. The summed E-state index contributed by atoms with van der Waals surface area (Å²) in [6.07, 6.45) is 1.01. The Hall–Kier alpha value is -3.75. The fraction of sp³-hybridized carbons (Fsp3) is 0.138. The molecule has 1 amide bonds. The van der Waals surface area contributed by atoms with Crippen LogP contribution in [0.4, 0.5) is 5.69 Å². The second-order valence-electron chi connectivity index (χ2n) is 9.30. The van der Waals surface area contributed by atoms with E-state index >= 15 is 0 Å². The summed E-state index contributed by atoms with van der Waals surface area (Å²) in [5.41, 5.74) is 7.94. The second-order valence-corrected chi connectivity index (χ2v) is 13.5. The molecule has 42 heavy (non-hydrogen) atoms. The van der Waals surface area contributed by atoms with Gasteiger partial charge in [0.2, 0.25) is 5.91 Å². The number of benzene rings is 2. The van der Waals surface area contributed by atoms with Crippen molar-refractivity contribution < 1.29 is 19.2 Å². The molecule has 0 saturated carbocycles. The van der Waals surface area contributed by atoms with Gasteiger partial charge in [-0.2, -0.15) is 0 Å². The summed E-state index contributed by atoms with van der Waals surface area (Å²) in [4.78, 5) is 51.5. The number of hydrogen-bond acceptors (Lipinski definition) is 11. The lowest BCUT2D eigenvalue weighted by Gasteiger charge is -2.48. The molecular formula is C29H21N3O6S4. The lowest BCUT2D eigenvalue weighted by Crippen LogP contribution is -2.68. The minimum atomic E-state index is -0.706. The number of carbonyl (C=O) groups is 2. The molecular weight excluding hydrogens is 615 g/mol. The molecule has 2 aromatic heterocycles. The van der Waals surface area contributed by atoms with Gasteiger partial charge in [-0.3, -0.25) is 24.6 Å². The van der Waals surface area contributed by atoms with Crippen LogP contribution in [0.3, 0.4) is 0 Å². The first kappa shape index (κ1) is 28.4. The normalized spacial score (nSPS) is 18.4. The number of carbonyl (C=O) groups excluding carboxylic acids is 2. The van der Waals surface area contributed by atoms with E-state index in [0.717, 1.165) is 33.8 Å². The molecule has 0 bridgehead atoms. The fourth-order valence-electron chi connectivity index (χ4n) is 4.68. The number of amides is 1. The van der Waals surface area contributed by atoms with Gasteiger partial charge in [0.25, 0.3) is 5.69 Å². The van der Waals surface area contributed by atoms with E-state index in [-0.39, 0.29) is 28.1 Å². The highest BCUT2D eigenvalue weighted by atomic mass is 32.2. The molecule has 1 saturated heterocycles. The van der Waals surface area contributed by atoms with E-state index in [1.165, 1.54) is 39.9 Å². The molecule has 2 atom stereocenters. The molecule has 13 heteroatoms. The molecule has 2 aromatic carbocycles. The number of nitro groups is 1. The van der Waals surface area contributed by atoms with Crippen molar-refractivity contribution in [3.05, 3.63) is 126 Å². The first-order chi connectivity index (χ1) is 20.3. The SMILES string of the molecule is N[C@@H]1C(=O)N2C(C(=O)OC(c3ccccc3)c3ccccc3)=C(/C=C/Sc3cc(=O)c4scc([N+](=O)[O-])c4s3)CS[C@H]12. The summed E-state index contributed by atoms with van der Waals surface area (Å²) in [6.45, 7) is 0. The Morgan fingerprint density at radius 1 is 1.10 bits per heavy atom. The minimum absolute atomic E-state index is 0.0926. The number of fused-ring (bicyclic) bond motifs is 2. The maximum atomic E-state index is 13.8. The number of thioether (sulfide) groups is 2. The number of rotatable bonds is 8. The zero-order chi connectivity index (χ0) is 29.4. The van der Waals surface area contributed by atoms with Crippen molar-refractivity contribution >= 4 is 73.2 Å². The zero-order valence-corrected chi connectivity index (χ0v) is 24.8. The molecule has 0 radical (unpaired) electrons. The molecule has 0 unspecified atom stereocenters. The molecule has 9 nitrogen and oxygen atoms in total. The maximum Gasteiger partial charge on any atom is 0.356 e. The first-order valence-corrected chi connectivity index (χ1v) is 16.2. The number of allylic oxidation sites excluding steroid dienone is 1. The summed E-state index contributed by atoms with van der Waals surface area (Å²) in [7, 11) is 0. The van der Waals surface area contributed by atoms with E-state index in [1.807, 2.05) is 60.7 Å². The Morgan fingerprint density at radius 3 is 2.40 bits per heavy atom. The Morgan fingerprint density at radius 2 is 1.76 bits per heavy atom. The van der Waals surface area contributed by atoms with E-state index in [0.29, 0.717) is 24.9 Å². The summed E-state index contributed by atoms with van der Waals surface area (Å²) in [6, 6.07) is 19.5. The van der Waals surface area contributed by atoms with Crippen molar-refractivity contribution in [1.29, 1.82) is 0 Å². The van der Waals surface area contributed by atoms with Crippen LogP contribution in [0, 0.1) is 10.1 Å². The van der Waals surface area contributed by atoms with Gasteiger partial charge in [0.05, 0.1) is 19.2 Å². The minimum Gasteiger partial charge on any atom is -0.448 e. The van der Waals surface area contributed by atoms with Gasteiger partial charge in [0.1, 0.15) is 21.8 Å². The Labute approximate surface area is 255 Å². The topological polar surface area (TPSA) is 133 Å². The van der Waals surface area contributed by atoms with Gasteiger partial charge in [0, 0.05) is 11.8 Å². The molecule has 2 N–H and O–H groups in total. The third-order valence-electron chi connectivity index (χ3n) is 6.71. The Kier molecular flexibility index (Phi) is 8.01. The van der Waals surface area contributed by atoms with Gasteiger partial charge >= 0.3 is 5.97 Å². The van der Waals surface area contributed by atoms with E-state index in [4.69, 9.17) is 10.5 Å². The van der Waals surface area contributed by atoms with Crippen molar-refractivity contribution in [2.45, 2.75) is 21.7 Å². The largest absolute Gasteiger partial charge is 0.448 e. The third-order valence-corrected chi connectivity index (χ3v) is 11.2. The van der Waals surface area contributed by atoms with E-state index in [9.17, 15) is 24.5 Å². The van der Waals surface area contributed by atoms with Gasteiger partial charge in [-0.15, -0.1) is 34.4 Å². The predicted octanol–water partition coefficient (Wildman–Crippen LogP) is 5.67.